The van der Waals surface area contributed by atoms with Crippen molar-refractivity contribution in [2.45, 2.75) is 12.3 Å². The summed E-state index contributed by atoms with van der Waals surface area (Å²) in [6, 6.07) is 10.5. The van der Waals surface area contributed by atoms with Gasteiger partial charge in [-0.05, 0) is 36.4 Å². The lowest BCUT2D eigenvalue weighted by atomic mass is 10.1. The maximum Gasteiger partial charge on any atom is 0.416 e. The third kappa shape index (κ3) is 4.61. The van der Waals surface area contributed by atoms with Crippen molar-refractivity contribution >= 4 is 11.8 Å². The Balaban J connectivity index is 1.75. The summed E-state index contributed by atoms with van der Waals surface area (Å²) in [6.45, 7) is 0.508. The molecule has 0 aromatic heterocycles. The number of amides is 2. The number of morpholine rings is 1. The molecule has 2 aromatic carbocycles. The van der Waals surface area contributed by atoms with Gasteiger partial charge in [0.05, 0.1) is 18.7 Å². The number of halogens is 3. The molecule has 0 aliphatic carbocycles. The number of hydrogen-bond donors (Lipinski definition) is 1. The Kier molecular flexibility index (Phi) is 5.55. The van der Waals surface area contributed by atoms with Gasteiger partial charge in [0.2, 0.25) is 5.91 Å². The summed E-state index contributed by atoms with van der Waals surface area (Å²) in [4.78, 5) is 25.4. The van der Waals surface area contributed by atoms with E-state index in [1.165, 1.54) is 29.2 Å². The van der Waals surface area contributed by atoms with Gasteiger partial charge in [-0.15, -0.1) is 0 Å². The monoisotopic (exact) mass is 394 g/mol. The number of nitrogens with zero attached hydrogens (tertiary/aromatic N) is 1. The number of primary amides is 1. The van der Waals surface area contributed by atoms with E-state index < -0.39 is 23.8 Å². The Hall–Kier alpha value is -3.07. The quantitative estimate of drug-likeness (QED) is 0.865. The van der Waals surface area contributed by atoms with Crippen LogP contribution in [0.15, 0.2) is 48.5 Å². The third-order valence-electron chi connectivity index (χ3n) is 4.15. The molecule has 2 N–H and O–H groups in total. The van der Waals surface area contributed by atoms with Crippen LogP contribution in [0.2, 0.25) is 0 Å². The Morgan fingerprint density at radius 2 is 1.79 bits per heavy atom. The van der Waals surface area contributed by atoms with E-state index in [1.54, 1.807) is 12.1 Å². The molecule has 6 nitrogen and oxygen atoms in total. The minimum Gasteiger partial charge on any atom is -0.457 e. The zero-order valence-electron chi connectivity index (χ0n) is 14.6. The lowest BCUT2D eigenvalue weighted by Gasteiger charge is -2.31. The van der Waals surface area contributed by atoms with Crippen LogP contribution in [0.5, 0.6) is 11.5 Å². The molecule has 1 fully saturated rings. The van der Waals surface area contributed by atoms with E-state index in [1.807, 2.05) is 0 Å². The zero-order chi connectivity index (χ0) is 20.3. The van der Waals surface area contributed by atoms with Crippen LogP contribution in [0.25, 0.3) is 0 Å². The molecule has 1 aliphatic rings. The van der Waals surface area contributed by atoms with Crippen LogP contribution in [0.4, 0.5) is 13.2 Å². The van der Waals surface area contributed by atoms with Gasteiger partial charge in [0, 0.05) is 12.1 Å². The second-order valence-electron chi connectivity index (χ2n) is 6.17. The number of carbonyl (C=O) groups is 2. The molecule has 1 heterocycles. The van der Waals surface area contributed by atoms with Gasteiger partial charge in [0.15, 0.2) is 6.10 Å². The number of hydrogen-bond acceptors (Lipinski definition) is 4. The van der Waals surface area contributed by atoms with E-state index in [0.717, 1.165) is 12.1 Å². The maximum absolute atomic E-state index is 12.8. The van der Waals surface area contributed by atoms with Crippen molar-refractivity contribution in [3.05, 3.63) is 59.7 Å². The molecule has 9 heteroatoms. The van der Waals surface area contributed by atoms with E-state index in [9.17, 15) is 22.8 Å². The van der Waals surface area contributed by atoms with Crippen molar-refractivity contribution in [1.82, 2.24) is 4.90 Å². The molecule has 1 aliphatic heterocycles. The SMILES string of the molecule is NC(=O)C1CN(C(=O)c2cccc(Oc3cccc(C(F)(F)F)c3)c2)CCO1. The lowest BCUT2D eigenvalue weighted by Crippen LogP contribution is -2.50. The van der Waals surface area contributed by atoms with Crippen LogP contribution in [0.3, 0.4) is 0 Å². The number of nitrogens with two attached hydrogens (primary N) is 1. The fourth-order valence-corrected chi connectivity index (χ4v) is 2.75. The first kappa shape index (κ1) is 19.7. The molecule has 2 amide bonds. The van der Waals surface area contributed by atoms with Crippen LogP contribution in [0, 0.1) is 0 Å². The molecule has 3 rings (SSSR count). The standard InChI is InChI=1S/C19H17F3N2O4/c20-19(21,22)13-4-2-6-15(10-13)28-14-5-1-3-12(9-14)18(26)24-7-8-27-16(11-24)17(23)25/h1-6,9-10,16H,7-8,11H2,(H2,23,25). The van der Waals surface area contributed by atoms with Crippen LogP contribution >= 0.6 is 0 Å². The Labute approximate surface area is 158 Å². The van der Waals surface area contributed by atoms with E-state index in [-0.39, 0.29) is 36.1 Å². The highest BCUT2D eigenvalue weighted by molar-refractivity contribution is 5.95. The van der Waals surface area contributed by atoms with Crippen molar-refractivity contribution in [1.29, 1.82) is 0 Å². The van der Waals surface area contributed by atoms with Crippen molar-refractivity contribution in [2.24, 2.45) is 5.73 Å². The zero-order valence-corrected chi connectivity index (χ0v) is 14.6. The molecule has 28 heavy (non-hydrogen) atoms. The summed E-state index contributed by atoms with van der Waals surface area (Å²) in [6.07, 6.45) is -5.35. The second-order valence-corrected chi connectivity index (χ2v) is 6.17. The topological polar surface area (TPSA) is 81.9 Å². The first-order valence-corrected chi connectivity index (χ1v) is 8.39. The molecule has 0 radical (unpaired) electrons. The first-order chi connectivity index (χ1) is 13.2. The third-order valence-corrected chi connectivity index (χ3v) is 4.15. The Morgan fingerprint density at radius 1 is 1.11 bits per heavy atom. The molecule has 1 unspecified atom stereocenters. The molecular weight excluding hydrogens is 377 g/mol. The summed E-state index contributed by atoms with van der Waals surface area (Å²) >= 11 is 0. The predicted octanol–water partition coefficient (Wildman–Crippen LogP) is 2.82. The minimum absolute atomic E-state index is 0.000381. The highest BCUT2D eigenvalue weighted by Gasteiger charge is 2.31. The number of carbonyl (C=O) groups excluding carboxylic acids is 2. The largest absolute Gasteiger partial charge is 0.457 e. The van der Waals surface area contributed by atoms with Crippen LogP contribution in [-0.2, 0) is 15.7 Å². The van der Waals surface area contributed by atoms with E-state index in [0.29, 0.717) is 6.54 Å². The molecule has 148 valence electrons. The number of ether oxygens (including phenoxy) is 2. The van der Waals surface area contributed by atoms with Crippen molar-refractivity contribution < 1.29 is 32.2 Å². The van der Waals surface area contributed by atoms with Crippen molar-refractivity contribution in [3.8, 4) is 11.5 Å². The van der Waals surface area contributed by atoms with E-state index in [2.05, 4.69) is 0 Å². The summed E-state index contributed by atoms with van der Waals surface area (Å²) in [7, 11) is 0. The molecule has 1 atom stereocenters. The van der Waals surface area contributed by atoms with Crippen molar-refractivity contribution in [2.75, 3.05) is 19.7 Å². The van der Waals surface area contributed by atoms with Crippen molar-refractivity contribution in [3.63, 3.8) is 0 Å². The van der Waals surface area contributed by atoms with Crippen LogP contribution < -0.4 is 10.5 Å². The summed E-state index contributed by atoms with van der Waals surface area (Å²) in [5, 5.41) is 0. The Bertz CT molecular complexity index is 885. The maximum atomic E-state index is 12.8. The van der Waals surface area contributed by atoms with E-state index in [4.69, 9.17) is 15.2 Å². The molecule has 0 bridgehead atoms. The van der Waals surface area contributed by atoms with Gasteiger partial charge in [-0.3, -0.25) is 9.59 Å². The highest BCUT2D eigenvalue weighted by Crippen LogP contribution is 2.32. The van der Waals surface area contributed by atoms with E-state index >= 15 is 0 Å². The molecular formula is C19H17F3N2O4. The predicted molar refractivity (Wildman–Crippen MR) is 92.8 cm³/mol. The van der Waals surface area contributed by atoms with Gasteiger partial charge in [-0.1, -0.05) is 12.1 Å². The average Bonchev–Trinajstić information content (AvgIpc) is 2.67. The summed E-state index contributed by atoms with van der Waals surface area (Å²) in [5.74, 6) is -0.798. The lowest BCUT2D eigenvalue weighted by molar-refractivity contribution is -0.137. The second kappa shape index (κ2) is 7.89. The van der Waals surface area contributed by atoms with Crippen LogP contribution in [-0.4, -0.2) is 42.5 Å². The van der Waals surface area contributed by atoms with Gasteiger partial charge in [-0.25, -0.2) is 0 Å². The minimum atomic E-state index is -4.48. The van der Waals surface area contributed by atoms with Crippen LogP contribution in [0.1, 0.15) is 15.9 Å². The first-order valence-electron chi connectivity index (χ1n) is 8.39. The normalized spacial score (nSPS) is 17.2. The fraction of sp³-hybridized carbons (Fsp3) is 0.263. The summed E-state index contributed by atoms with van der Waals surface area (Å²) in [5.41, 5.74) is 4.66. The number of benzene rings is 2. The fourth-order valence-electron chi connectivity index (χ4n) is 2.75. The van der Waals surface area contributed by atoms with Gasteiger partial charge >= 0.3 is 6.18 Å². The Morgan fingerprint density at radius 3 is 2.46 bits per heavy atom. The molecule has 0 spiro atoms. The summed E-state index contributed by atoms with van der Waals surface area (Å²) < 4.78 is 49.2. The van der Waals surface area contributed by atoms with Gasteiger partial charge in [-0.2, -0.15) is 13.2 Å². The smallest absolute Gasteiger partial charge is 0.416 e. The van der Waals surface area contributed by atoms with Gasteiger partial charge in [0.1, 0.15) is 11.5 Å². The number of rotatable bonds is 4. The molecule has 0 saturated carbocycles. The molecule has 1 saturated heterocycles. The van der Waals surface area contributed by atoms with Gasteiger partial charge < -0.3 is 20.1 Å². The van der Waals surface area contributed by atoms with Gasteiger partial charge in [0.25, 0.3) is 5.91 Å². The molecule has 2 aromatic rings. The number of alkyl halides is 3. The average molecular weight is 394 g/mol. The highest BCUT2D eigenvalue weighted by atomic mass is 19.4.